The maximum Gasteiger partial charge on any atom is 0.336 e. The van der Waals surface area contributed by atoms with Gasteiger partial charge < -0.3 is 15.1 Å². The molecule has 164 valence electrons. The highest BCUT2D eigenvalue weighted by Gasteiger charge is 2.17. The van der Waals surface area contributed by atoms with Crippen molar-refractivity contribution in [2.45, 2.75) is 53.6 Å². The standard InChI is InChI=1S/C26H32N2O3/c1-16(2)12-19-6-8-20(9-7-19)26(17(3)4)27-15-21-13-25(30)31-24-14-22(28-18(5)29)10-11-23(21)24/h6-11,13-14,16-17,26-27H,12,15H2,1-5H3,(H,28,29). The number of hydrogen-bond donors (Lipinski definition) is 2. The van der Waals surface area contributed by atoms with Crippen molar-refractivity contribution in [1.82, 2.24) is 5.32 Å². The highest BCUT2D eigenvalue weighted by Crippen LogP contribution is 2.25. The summed E-state index contributed by atoms with van der Waals surface area (Å²) in [6, 6.07) is 15.9. The van der Waals surface area contributed by atoms with Crippen LogP contribution >= 0.6 is 0 Å². The number of carbonyl (C=O) groups excluding carboxylic acids is 1. The van der Waals surface area contributed by atoms with Gasteiger partial charge in [0.15, 0.2) is 0 Å². The lowest BCUT2D eigenvalue weighted by atomic mass is 9.93. The van der Waals surface area contributed by atoms with Crippen molar-refractivity contribution in [1.29, 1.82) is 0 Å². The van der Waals surface area contributed by atoms with Gasteiger partial charge in [0.05, 0.1) is 0 Å². The molecule has 0 saturated heterocycles. The zero-order chi connectivity index (χ0) is 22.5. The van der Waals surface area contributed by atoms with Gasteiger partial charge in [0.25, 0.3) is 0 Å². The number of carbonyl (C=O) groups is 1. The van der Waals surface area contributed by atoms with Gasteiger partial charge in [-0.05, 0) is 47.1 Å². The Kier molecular flexibility index (Phi) is 7.29. The topological polar surface area (TPSA) is 71.3 Å². The zero-order valence-electron chi connectivity index (χ0n) is 19.0. The number of anilines is 1. The lowest BCUT2D eigenvalue weighted by Gasteiger charge is -2.24. The minimum atomic E-state index is -0.400. The lowest BCUT2D eigenvalue weighted by Crippen LogP contribution is -2.26. The first-order valence-electron chi connectivity index (χ1n) is 10.9. The van der Waals surface area contributed by atoms with Crippen molar-refractivity contribution in [2.75, 3.05) is 5.32 Å². The Labute approximate surface area is 183 Å². The monoisotopic (exact) mass is 420 g/mol. The summed E-state index contributed by atoms with van der Waals surface area (Å²) in [6.07, 6.45) is 1.08. The van der Waals surface area contributed by atoms with E-state index in [9.17, 15) is 9.59 Å². The second kappa shape index (κ2) is 9.92. The van der Waals surface area contributed by atoms with Gasteiger partial charge in [-0.25, -0.2) is 4.79 Å². The van der Waals surface area contributed by atoms with Gasteiger partial charge in [0, 0.05) is 42.7 Å². The molecule has 2 N–H and O–H groups in total. The largest absolute Gasteiger partial charge is 0.423 e. The molecule has 5 heteroatoms. The van der Waals surface area contributed by atoms with Crippen molar-refractivity contribution < 1.29 is 9.21 Å². The number of amides is 1. The predicted molar refractivity (Wildman–Crippen MR) is 126 cm³/mol. The lowest BCUT2D eigenvalue weighted by molar-refractivity contribution is -0.114. The van der Waals surface area contributed by atoms with Crippen molar-refractivity contribution in [3.05, 3.63) is 75.6 Å². The van der Waals surface area contributed by atoms with Gasteiger partial charge in [0.2, 0.25) is 5.91 Å². The van der Waals surface area contributed by atoms with Crippen LogP contribution < -0.4 is 16.3 Å². The first-order chi connectivity index (χ1) is 14.7. The van der Waals surface area contributed by atoms with Gasteiger partial charge in [-0.3, -0.25) is 4.79 Å². The first-order valence-corrected chi connectivity index (χ1v) is 10.9. The van der Waals surface area contributed by atoms with Gasteiger partial charge in [-0.2, -0.15) is 0 Å². The quantitative estimate of drug-likeness (QED) is 0.476. The molecule has 3 aromatic rings. The van der Waals surface area contributed by atoms with E-state index in [0.717, 1.165) is 17.4 Å². The zero-order valence-corrected chi connectivity index (χ0v) is 19.0. The molecule has 1 heterocycles. The Hall–Kier alpha value is -2.92. The summed E-state index contributed by atoms with van der Waals surface area (Å²) in [5, 5.41) is 7.21. The molecule has 0 saturated carbocycles. The smallest absolute Gasteiger partial charge is 0.336 e. The summed E-state index contributed by atoms with van der Waals surface area (Å²) in [6.45, 7) is 10.8. The average molecular weight is 421 g/mol. The molecule has 2 aromatic carbocycles. The Morgan fingerprint density at radius 1 is 1.00 bits per heavy atom. The van der Waals surface area contributed by atoms with Crippen LogP contribution in [0.3, 0.4) is 0 Å². The van der Waals surface area contributed by atoms with Gasteiger partial charge in [0.1, 0.15) is 5.58 Å². The first kappa shape index (κ1) is 22.8. The SMILES string of the molecule is CC(=O)Nc1ccc2c(CNC(c3ccc(CC(C)C)cc3)C(C)C)cc(=O)oc2c1. The third kappa shape index (κ3) is 6.05. The molecule has 0 spiro atoms. The number of benzene rings is 2. The van der Waals surface area contributed by atoms with Crippen molar-refractivity contribution in [3.8, 4) is 0 Å². The molecule has 1 atom stereocenters. The number of nitrogens with one attached hydrogen (secondary N) is 2. The Bertz CT molecular complexity index is 1100. The molecule has 1 aromatic heterocycles. The second-order valence-electron chi connectivity index (χ2n) is 8.92. The second-order valence-corrected chi connectivity index (χ2v) is 8.92. The molecule has 3 rings (SSSR count). The maximum atomic E-state index is 12.1. The average Bonchev–Trinajstić information content (AvgIpc) is 2.67. The molecule has 0 aliphatic carbocycles. The summed E-state index contributed by atoms with van der Waals surface area (Å²) in [4.78, 5) is 23.4. The van der Waals surface area contributed by atoms with Crippen LogP contribution in [0.5, 0.6) is 0 Å². The van der Waals surface area contributed by atoms with E-state index in [1.54, 1.807) is 6.07 Å². The van der Waals surface area contributed by atoms with E-state index in [-0.39, 0.29) is 11.9 Å². The van der Waals surface area contributed by atoms with Crippen LogP contribution in [0.25, 0.3) is 11.0 Å². The number of rotatable bonds is 8. The third-order valence-corrected chi connectivity index (χ3v) is 5.31. The fourth-order valence-corrected chi connectivity index (χ4v) is 3.95. The molecule has 1 unspecified atom stereocenters. The van der Waals surface area contributed by atoms with Crippen molar-refractivity contribution in [2.24, 2.45) is 11.8 Å². The highest BCUT2D eigenvalue weighted by atomic mass is 16.4. The molecule has 31 heavy (non-hydrogen) atoms. The van der Waals surface area contributed by atoms with Crippen molar-refractivity contribution in [3.63, 3.8) is 0 Å². The molecular formula is C26H32N2O3. The molecule has 0 aliphatic heterocycles. The highest BCUT2D eigenvalue weighted by molar-refractivity contribution is 5.92. The van der Waals surface area contributed by atoms with Crippen LogP contribution in [0.1, 0.15) is 57.4 Å². The van der Waals surface area contributed by atoms with Crippen LogP contribution in [-0.2, 0) is 17.8 Å². The number of hydrogen-bond acceptors (Lipinski definition) is 4. The van der Waals surface area contributed by atoms with Gasteiger partial charge in [-0.15, -0.1) is 0 Å². The van der Waals surface area contributed by atoms with Crippen LogP contribution in [-0.4, -0.2) is 5.91 Å². The predicted octanol–water partition coefficient (Wildman–Crippen LogP) is 5.44. The molecule has 5 nitrogen and oxygen atoms in total. The maximum absolute atomic E-state index is 12.1. The van der Waals surface area contributed by atoms with Crippen LogP contribution in [0.15, 0.2) is 57.7 Å². The van der Waals surface area contributed by atoms with E-state index in [0.29, 0.717) is 29.7 Å². The summed E-state index contributed by atoms with van der Waals surface area (Å²) in [5.41, 5.74) is 4.14. The van der Waals surface area contributed by atoms with E-state index in [1.165, 1.54) is 24.1 Å². The minimum absolute atomic E-state index is 0.161. The Balaban J connectivity index is 1.83. The summed E-state index contributed by atoms with van der Waals surface area (Å²) in [7, 11) is 0. The van der Waals surface area contributed by atoms with Crippen molar-refractivity contribution >= 4 is 22.6 Å². The number of fused-ring (bicyclic) bond motifs is 1. The van der Waals surface area contributed by atoms with E-state index in [1.807, 2.05) is 12.1 Å². The fourth-order valence-electron chi connectivity index (χ4n) is 3.95. The van der Waals surface area contributed by atoms with E-state index < -0.39 is 5.63 Å². The molecular weight excluding hydrogens is 388 g/mol. The summed E-state index contributed by atoms with van der Waals surface area (Å²) in [5.74, 6) is 0.849. The molecule has 0 aliphatic rings. The normalized spacial score (nSPS) is 12.5. The van der Waals surface area contributed by atoms with Crippen LogP contribution in [0, 0.1) is 11.8 Å². The van der Waals surface area contributed by atoms with Gasteiger partial charge in [-0.1, -0.05) is 52.0 Å². The molecule has 0 radical (unpaired) electrons. The van der Waals surface area contributed by atoms with Crippen LogP contribution in [0.2, 0.25) is 0 Å². The molecule has 1 amide bonds. The van der Waals surface area contributed by atoms with E-state index in [4.69, 9.17) is 4.42 Å². The summed E-state index contributed by atoms with van der Waals surface area (Å²) < 4.78 is 5.37. The molecule has 0 bridgehead atoms. The third-order valence-electron chi connectivity index (χ3n) is 5.31. The van der Waals surface area contributed by atoms with E-state index in [2.05, 4.69) is 62.6 Å². The summed E-state index contributed by atoms with van der Waals surface area (Å²) >= 11 is 0. The Morgan fingerprint density at radius 2 is 1.71 bits per heavy atom. The van der Waals surface area contributed by atoms with Crippen LogP contribution in [0.4, 0.5) is 5.69 Å². The fraction of sp³-hybridized carbons (Fsp3) is 0.385. The van der Waals surface area contributed by atoms with Gasteiger partial charge >= 0.3 is 5.63 Å². The molecule has 0 fully saturated rings. The van der Waals surface area contributed by atoms with E-state index >= 15 is 0 Å². The minimum Gasteiger partial charge on any atom is -0.423 e. The Morgan fingerprint density at radius 3 is 2.32 bits per heavy atom.